The van der Waals surface area contributed by atoms with E-state index in [9.17, 15) is 4.79 Å². The molecular formula is C17H25N3O. The van der Waals surface area contributed by atoms with Crippen LogP contribution in [-0.2, 0) is 13.1 Å². The quantitative estimate of drug-likeness (QED) is 0.850. The molecule has 2 rings (SSSR count). The van der Waals surface area contributed by atoms with Crippen LogP contribution in [-0.4, -0.2) is 15.7 Å². The maximum atomic E-state index is 12.2. The second-order valence-corrected chi connectivity index (χ2v) is 5.38. The van der Waals surface area contributed by atoms with Crippen molar-refractivity contribution in [1.29, 1.82) is 0 Å². The molecule has 2 aromatic rings. The van der Waals surface area contributed by atoms with E-state index in [1.54, 1.807) is 9.13 Å². The average Bonchev–Trinajstić information content (AvgIpc) is 2.84. The highest BCUT2D eigenvalue weighted by atomic mass is 16.1. The molecule has 1 aromatic heterocycles. The maximum Gasteiger partial charge on any atom is 0.328 e. The van der Waals surface area contributed by atoms with Gasteiger partial charge in [-0.05, 0) is 37.9 Å². The standard InChI is InChI=1S/C17H25N3O/c1-4-10-18-16(15-9-7-6-8-14(15)3)13-20-12-11-19(5-2)17(20)21/h6-9,11-12,16,18H,4-5,10,13H2,1-3H3. The van der Waals surface area contributed by atoms with Crippen molar-refractivity contribution in [3.8, 4) is 0 Å². The van der Waals surface area contributed by atoms with Crippen LogP contribution in [0.4, 0.5) is 0 Å². The van der Waals surface area contributed by atoms with Crippen molar-refractivity contribution in [2.24, 2.45) is 0 Å². The van der Waals surface area contributed by atoms with Crippen molar-refractivity contribution in [2.45, 2.75) is 46.3 Å². The predicted molar refractivity (Wildman–Crippen MR) is 86.6 cm³/mol. The molecule has 0 saturated carbocycles. The molecule has 0 fully saturated rings. The van der Waals surface area contributed by atoms with Gasteiger partial charge < -0.3 is 5.32 Å². The number of nitrogens with one attached hydrogen (secondary N) is 1. The van der Waals surface area contributed by atoms with Gasteiger partial charge in [-0.25, -0.2) is 4.79 Å². The van der Waals surface area contributed by atoms with E-state index in [0.29, 0.717) is 13.1 Å². The molecule has 4 nitrogen and oxygen atoms in total. The number of hydrogen-bond donors (Lipinski definition) is 1. The molecular weight excluding hydrogens is 262 g/mol. The third-order valence-electron chi connectivity index (χ3n) is 3.84. The Morgan fingerprint density at radius 2 is 1.86 bits per heavy atom. The van der Waals surface area contributed by atoms with Gasteiger partial charge in [-0.15, -0.1) is 0 Å². The van der Waals surface area contributed by atoms with Gasteiger partial charge in [0.15, 0.2) is 0 Å². The van der Waals surface area contributed by atoms with Crippen LogP contribution >= 0.6 is 0 Å². The highest BCUT2D eigenvalue weighted by Crippen LogP contribution is 2.19. The molecule has 1 atom stereocenters. The zero-order valence-electron chi connectivity index (χ0n) is 13.2. The van der Waals surface area contributed by atoms with Crippen LogP contribution in [0.2, 0.25) is 0 Å². The molecule has 1 aromatic carbocycles. The van der Waals surface area contributed by atoms with Gasteiger partial charge in [0.25, 0.3) is 0 Å². The lowest BCUT2D eigenvalue weighted by molar-refractivity contribution is 0.451. The van der Waals surface area contributed by atoms with Crippen LogP contribution in [0.1, 0.15) is 37.4 Å². The maximum absolute atomic E-state index is 12.2. The summed E-state index contributed by atoms with van der Waals surface area (Å²) in [5.41, 5.74) is 2.59. The summed E-state index contributed by atoms with van der Waals surface area (Å²) in [6.07, 6.45) is 4.81. The zero-order chi connectivity index (χ0) is 15.2. The molecule has 4 heteroatoms. The number of hydrogen-bond acceptors (Lipinski definition) is 2. The third kappa shape index (κ3) is 3.64. The Kier molecular flexibility index (Phi) is 5.39. The summed E-state index contributed by atoms with van der Waals surface area (Å²) in [6, 6.07) is 8.54. The largest absolute Gasteiger partial charge is 0.328 e. The average molecular weight is 287 g/mol. The normalized spacial score (nSPS) is 12.5. The van der Waals surface area contributed by atoms with Crippen LogP contribution in [0, 0.1) is 6.92 Å². The lowest BCUT2D eigenvalue weighted by Gasteiger charge is -2.21. The smallest absolute Gasteiger partial charge is 0.308 e. The number of benzene rings is 1. The summed E-state index contributed by atoms with van der Waals surface area (Å²) in [4.78, 5) is 12.2. The SMILES string of the molecule is CCCNC(Cn1ccn(CC)c1=O)c1ccccc1C. The van der Waals surface area contributed by atoms with E-state index in [1.807, 2.05) is 19.3 Å². The number of imidazole rings is 1. The molecule has 0 saturated heterocycles. The van der Waals surface area contributed by atoms with Crippen molar-refractivity contribution in [1.82, 2.24) is 14.5 Å². The molecule has 0 bridgehead atoms. The highest BCUT2D eigenvalue weighted by Gasteiger charge is 2.15. The van der Waals surface area contributed by atoms with Crippen molar-refractivity contribution in [3.05, 3.63) is 58.3 Å². The third-order valence-corrected chi connectivity index (χ3v) is 3.84. The van der Waals surface area contributed by atoms with E-state index in [4.69, 9.17) is 0 Å². The molecule has 1 unspecified atom stereocenters. The fourth-order valence-electron chi connectivity index (χ4n) is 2.60. The van der Waals surface area contributed by atoms with E-state index in [-0.39, 0.29) is 11.7 Å². The molecule has 1 heterocycles. The predicted octanol–water partition coefficient (Wildman–Crippen LogP) is 2.72. The second kappa shape index (κ2) is 7.27. The summed E-state index contributed by atoms with van der Waals surface area (Å²) in [7, 11) is 0. The van der Waals surface area contributed by atoms with Gasteiger partial charge in [0.2, 0.25) is 0 Å². The van der Waals surface area contributed by atoms with Crippen molar-refractivity contribution < 1.29 is 0 Å². The van der Waals surface area contributed by atoms with Crippen LogP contribution in [0.15, 0.2) is 41.5 Å². The van der Waals surface area contributed by atoms with Gasteiger partial charge in [0, 0.05) is 25.5 Å². The molecule has 0 spiro atoms. The number of rotatable bonds is 7. The number of aryl methyl sites for hydroxylation is 2. The molecule has 0 aliphatic rings. The van der Waals surface area contributed by atoms with Gasteiger partial charge in [0.05, 0.1) is 6.04 Å². The Hall–Kier alpha value is -1.81. The molecule has 0 aliphatic carbocycles. The molecule has 1 N–H and O–H groups in total. The van der Waals surface area contributed by atoms with Crippen molar-refractivity contribution in [3.63, 3.8) is 0 Å². The Balaban J connectivity index is 2.26. The minimum atomic E-state index is 0.0642. The number of nitrogens with zero attached hydrogens (tertiary/aromatic N) is 2. The minimum Gasteiger partial charge on any atom is -0.308 e. The first-order chi connectivity index (χ1) is 10.2. The monoisotopic (exact) mass is 287 g/mol. The van der Waals surface area contributed by atoms with Gasteiger partial charge >= 0.3 is 5.69 Å². The fraction of sp³-hybridized carbons (Fsp3) is 0.471. The van der Waals surface area contributed by atoms with E-state index in [2.05, 4.69) is 43.4 Å². The van der Waals surface area contributed by atoms with Crippen LogP contribution < -0.4 is 11.0 Å². The summed E-state index contributed by atoms with van der Waals surface area (Å²) in [5.74, 6) is 0. The van der Waals surface area contributed by atoms with E-state index < -0.39 is 0 Å². The molecule has 0 radical (unpaired) electrons. The van der Waals surface area contributed by atoms with Crippen molar-refractivity contribution in [2.75, 3.05) is 6.54 Å². The zero-order valence-corrected chi connectivity index (χ0v) is 13.2. The van der Waals surface area contributed by atoms with E-state index in [0.717, 1.165) is 13.0 Å². The topological polar surface area (TPSA) is 39.0 Å². The fourth-order valence-corrected chi connectivity index (χ4v) is 2.60. The highest BCUT2D eigenvalue weighted by molar-refractivity contribution is 5.28. The van der Waals surface area contributed by atoms with E-state index in [1.165, 1.54) is 11.1 Å². The Bertz CT molecular complexity index is 627. The lowest BCUT2D eigenvalue weighted by Crippen LogP contribution is -2.32. The lowest BCUT2D eigenvalue weighted by atomic mass is 10.0. The molecule has 114 valence electrons. The van der Waals surface area contributed by atoms with E-state index >= 15 is 0 Å². The first-order valence-corrected chi connectivity index (χ1v) is 7.71. The molecule has 21 heavy (non-hydrogen) atoms. The minimum absolute atomic E-state index is 0.0642. The van der Waals surface area contributed by atoms with Crippen LogP contribution in [0.3, 0.4) is 0 Å². The summed E-state index contributed by atoms with van der Waals surface area (Å²) in [5, 5.41) is 3.56. The Labute approximate surface area is 126 Å². The Morgan fingerprint density at radius 3 is 2.48 bits per heavy atom. The first-order valence-electron chi connectivity index (χ1n) is 7.71. The van der Waals surface area contributed by atoms with Gasteiger partial charge in [-0.3, -0.25) is 9.13 Å². The van der Waals surface area contributed by atoms with Gasteiger partial charge in [-0.2, -0.15) is 0 Å². The second-order valence-electron chi connectivity index (χ2n) is 5.38. The summed E-state index contributed by atoms with van der Waals surface area (Å²) >= 11 is 0. The summed E-state index contributed by atoms with van der Waals surface area (Å²) in [6.45, 7) is 8.58. The molecule has 0 aliphatic heterocycles. The van der Waals surface area contributed by atoms with Crippen molar-refractivity contribution >= 4 is 0 Å². The molecule has 0 amide bonds. The Morgan fingerprint density at radius 1 is 1.14 bits per heavy atom. The summed E-state index contributed by atoms with van der Waals surface area (Å²) < 4.78 is 3.53. The van der Waals surface area contributed by atoms with Crippen LogP contribution in [0.25, 0.3) is 0 Å². The first kappa shape index (κ1) is 15.6. The number of aromatic nitrogens is 2. The van der Waals surface area contributed by atoms with Crippen LogP contribution in [0.5, 0.6) is 0 Å². The van der Waals surface area contributed by atoms with Gasteiger partial charge in [-0.1, -0.05) is 31.2 Å². The van der Waals surface area contributed by atoms with Gasteiger partial charge in [0.1, 0.15) is 0 Å².